The number of halogens is 3. The van der Waals surface area contributed by atoms with Crippen LogP contribution in [0.5, 0.6) is 5.75 Å². The Kier molecular flexibility index (Phi) is 6.93. The quantitative estimate of drug-likeness (QED) is 0.240. The largest absolute Gasteiger partial charge is 0.423 e. The zero-order valence-corrected chi connectivity index (χ0v) is 20.0. The summed E-state index contributed by atoms with van der Waals surface area (Å²) in [6.07, 6.45) is 0.891. The highest BCUT2D eigenvalue weighted by atomic mass is 35.5. The number of aryl methyl sites for hydroxylation is 1. The maximum Gasteiger partial charge on any atom is 0.343 e. The monoisotopic (exact) mass is 514 g/mol. The Bertz CT molecular complexity index is 1320. The Labute approximate surface area is 210 Å². The average Bonchev–Trinajstić information content (AvgIpc) is 3.05. The van der Waals surface area contributed by atoms with Gasteiger partial charge in [0.1, 0.15) is 16.5 Å². The Morgan fingerprint density at radius 1 is 0.882 bits per heavy atom. The highest BCUT2D eigenvalue weighted by Gasteiger charge is 2.39. The van der Waals surface area contributed by atoms with Crippen molar-refractivity contribution in [2.45, 2.75) is 13.3 Å². The fourth-order valence-corrected chi connectivity index (χ4v) is 3.77. The van der Waals surface area contributed by atoms with E-state index in [1.54, 1.807) is 24.3 Å². The van der Waals surface area contributed by atoms with Crippen molar-refractivity contribution in [3.8, 4) is 5.75 Å². The lowest BCUT2D eigenvalue weighted by molar-refractivity contribution is -0.120. The molecule has 1 aliphatic rings. The molecule has 3 aromatic carbocycles. The molecule has 0 unspecified atom stereocenters. The Balaban J connectivity index is 1.47. The molecule has 4 rings (SSSR count). The summed E-state index contributed by atoms with van der Waals surface area (Å²) >= 11 is 18.1. The molecule has 0 aromatic heterocycles. The Morgan fingerprint density at radius 2 is 1.56 bits per heavy atom. The van der Waals surface area contributed by atoms with Gasteiger partial charge in [-0.2, -0.15) is 0 Å². The predicted octanol–water partition coefficient (Wildman–Crippen LogP) is 6.21. The summed E-state index contributed by atoms with van der Waals surface area (Å²) in [5.41, 5.74) is 2.06. The Hall–Kier alpha value is -3.32. The van der Waals surface area contributed by atoms with Gasteiger partial charge >= 0.3 is 5.97 Å². The average molecular weight is 516 g/mol. The van der Waals surface area contributed by atoms with E-state index in [-0.39, 0.29) is 21.4 Å². The normalized spacial score (nSPS) is 13.5. The molecule has 2 amide bonds. The first-order chi connectivity index (χ1) is 16.3. The van der Waals surface area contributed by atoms with Crippen LogP contribution in [0.25, 0.3) is 0 Å². The summed E-state index contributed by atoms with van der Waals surface area (Å²) in [6, 6.07) is 17.9. The van der Waals surface area contributed by atoms with Crippen LogP contribution in [0, 0.1) is 0 Å². The molecule has 1 N–H and O–H groups in total. The molecule has 0 aliphatic carbocycles. The summed E-state index contributed by atoms with van der Waals surface area (Å²) in [5, 5.41) is 3.07. The van der Waals surface area contributed by atoms with Crippen LogP contribution in [-0.4, -0.2) is 17.8 Å². The van der Waals surface area contributed by atoms with Crippen LogP contribution < -0.4 is 15.0 Å². The number of benzene rings is 3. The van der Waals surface area contributed by atoms with Gasteiger partial charge in [-0.25, -0.2) is 9.69 Å². The maximum absolute atomic E-state index is 12.9. The van der Waals surface area contributed by atoms with Gasteiger partial charge in [-0.1, -0.05) is 53.9 Å². The molecule has 0 spiro atoms. The van der Waals surface area contributed by atoms with Crippen LogP contribution in [0.3, 0.4) is 0 Å². The topological polar surface area (TPSA) is 75.7 Å². The summed E-state index contributed by atoms with van der Waals surface area (Å²) in [7, 11) is 0. The molecule has 0 saturated heterocycles. The fourth-order valence-electron chi connectivity index (χ4n) is 3.26. The van der Waals surface area contributed by atoms with Crippen LogP contribution in [0.4, 0.5) is 11.4 Å². The summed E-state index contributed by atoms with van der Waals surface area (Å²) in [4.78, 5) is 38.8. The van der Waals surface area contributed by atoms with Crippen molar-refractivity contribution < 1.29 is 19.1 Å². The van der Waals surface area contributed by atoms with E-state index in [2.05, 4.69) is 5.32 Å². The number of esters is 1. The number of rotatable bonds is 6. The van der Waals surface area contributed by atoms with Gasteiger partial charge in [-0.15, -0.1) is 0 Å². The van der Waals surface area contributed by atoms with Crippen LogP contribution in [0.1, 0.15) is 22.8 Å². The van der Waals surface area contributed by atoms with Gasteiger partial charge < -0.3 is 10.1 Å². The number of nitrogens with zero attached hydrogens (tertiary/aromatic N) is 1. The minimum atomic E-state index is -0.693. The molecular weight excluding hydrogens is 499 g/mol. The standard InChI is InChI=1S/C25H17Cl3N2O4/c1-2-14-3-10-18(11-4-14)34-25(33)15-5-7-16(8-6-15)29-22-21(28)23(31)30(24(22)32)17-9-12-19(26)20(27)13-17/h3-13,29H,2H2,1H3. The van der Waals surface area contributed by atoms with Crippen molar-refractivity contribution in [2.24, 2.45) is 0 Å². The lowest BCUT2D eigenvalue weighted by Gasteiger charge is -2.15. The third-order valence-electron chi connectivity index (χ3n) is 5.12. The van der Waals surface area contributed by atoms with E-state index < -0.39 is 17.8 Å². The molecule has 34 heavy (non-hydrogen) atoms. The summed E-state index contributed by atoms with van der Waals surface area (Å²) in [5.74, 6) is -1.42. The van der Waals surface area contributed by atoms with E-state index in [9.17, 15) is 14.4 Å². The van der Waals surface area contributed by atoms with Crippen molar-refractivity contribution in [3.05, 3.63) is 98.6 Å². The van der Waals surface area contributed by atoms with Gasteiger partial charge in [0, 0.05) is 5.69 Å². The molecule has 0 bridgehead atoms. The van der Waals surface area contributed by atoms with E-state index in [1.807, 2.05) is 19.1 Å². The number of imide groups is 1. The van der Waals surface area contributed by atoms with Gasteiger partial charge in [-0.3, -0.25) is 9.59 Å². The third-order valence-corrected chi connectivity index (χ3v) is 6.21. The number of nitrogens with one attached hydrogen (secondary N) is 1. The van der Waals surface area contributed by atoms with E-state index in [4.69, 9.17) is 39.5 Å². The smallest absolute Gasteiger partial charge is 0.343 e. The number of hydrogen-bond donors (Lipinski definition) is 1. The number of anilines is 2. The van der Waals surface area contributed by atoms with Crippen molar-refractivity contribution in [1.29, 1.82) is 0 Å². The van der Waals surface area contributed by atoms with Crippen LogP contribution in [-0.2, 0) is 16.0 Å². The van der Waals surface area contributed by atoms with Gasteiger partial charge in [0.25, 0.3) is 11.8 Å². The highest BCUT2D eigenvalue weighted by Crippen LogP contribution is 2.33. The third kappa shape index (κ3) is 4.80. The van der Waals surface area contributed by atoms with E-state index in [0.29, 0.717) is 22.0 Å². The minimum absolute atomic E-state index is 0.0934. The number of hydrogen-bond acceptors (Lipinski definition) is 5. The summed E-state index contributed by atoms with van der Waals surface area (Å²) < 4.78 is 5.39. The first-order valence-electron chi connectivity index (χ1n) is 10.2. The molecule has 6 nitrogen and oxygen atoms in total. The SMILES string of the molecule is CCc1ccc(OC(=O)c2ccc(NC3=C(Cl)C(=O)N(c4ccc(Cl)c(Cl)c4)C3=O)cc2)cc1. The molecule has 0 atom stereocenters. The molecule has 172 valence electrons. The number of ether oxygens (including phenoxy) is 1. The van der Waals surface area contributed by atoms with Crippen molar-refractivity contribution >= 4 is 64.0 Å². The Morgan fingerprint density at radius 3 is 2.18 bits per heavy atom. The molecule has 1 heterocycles. The van der Waals surface area contributed by atoms with Crippen molar-refractivity contribution in [3.63, 3.8) is 0 Å². The van der Waals surface area contributed by atoms with E-state index in [0.717, 1.165) is 16.9 Å². The van der Waals surface area contributed by atoms with Gasteiger partial charge in [0.2, 0.25) is 0 Å². The van der Waals surface area contributed by atoms with Gasteiger partial charge in [-0.05, 0) is 66.6 Å². The molecule has 0 saturated carbocycles. The number of carbonyl (C=O) groups is 3. The molecule has 0 fully saturated rings. The van der Waals surface area contributed by atoms with Crippen LogP contribution in [0.2, 0.25) is 10.0 Å². The van der Waals surface area contributed by atoms with E-state index in [1.165, 1.54) is 30.3 Å². The first-order valence-corrected chi connectivity index (χ1v) is 11.3. The molecule has 9 heteroatoms. The molecular formula is C25H17Cl3N2O4. The molecule has 1 aliphatic heterocycles. The van der Waals surface area contributed by atoms with Gasteiger partial charge in [0.05, 0.1) is 21.3 Å². The van der Waals surface area contributed by atoms with E-state index >= 15 is 0 Å². The van der Waals surface area contributed by atoms with Crippen LogP contribution in [0.15, 0.2) is 77.5 Å². The lowest BCUT2D eigenvalue weighted by Crippen LogP contribution is -2.32. The van der Waals surface area contributed by atoms with Crippen molar-refractivity contribution in [2.75, 3.05) is 10.2 Å². The molecule has 0 radical (unpaired) electrons. The maximum atomic E-state index is 12.9. The summed E-state index contributed by atoms with van der Waals surface area (Å²) in [6.45, 7) is 2.04. The van der Waals surface area contributed by atoms with Gasteiger partial charge in [0.15, 0.2) is 0 Å². The highest BCUT2D eigenvalue weighted by molar-refractivity contribution is 6.53. The second kappa shape index (κ2) is 9.89. The number of carbonyl (C=O) groups excluding carboxylic acids is 3. The zero-order chi connectivity index (χ0) is 24.4. The molecule has 3 aromatic rings. The predicted molar refractivity (Wildman–Crippen MR) is 133 cm³/mol. The lowest BCUT2D eigenvalue weighted by atomic mass is 10.1. The number of amides is 2. The first kappa shape index (κ1) is 23.8. The fraction of sp³-hybridized carbons (Fsp3) is 0.0800. The minimum Gasteiger partial charge on any atom is -0.423 e. The zero-order valence-electron chi connectivity index (χ0n) is 17.8. The van der Waals surface area contributed by atoms with Crippen molar-refractivity contribution in [1.82, 2.24) is 0 Å². The second-order valence-corrected chi connectivity index (χ2v) is 8.51. The van der Waals surface area contributed by atoms with Crippen LogP contribution >= 0.6 is 34.8 Å². The second-order valence-electron chi connectivity index (χ2n) is 7.32.